The monoisotopic (exact) mass is 356 g/mol. The maximum absolute atomic E-state index is 11.6. The van der Waals surface area contributed by atoms with E-state index in [-0.39, 0.29) is 0 Å². The molecule has 0 spiro atoms. The second-order valence-electron chi connectivity index (χ2n) is 6.00. The number of carbonyl (C=O) groups is 1. The van der Waals surface area contributed by atoms with Gasteiger partial charge in [0, 0.05) is 23.7 Å². The van der Waals surface area contributed by atoms with Crippen LogP contribution >= 0.6 is 11.3 Å². The van der Waals surface area contributed by atoms with Crippen molar-refractivity contribution >= 4 is 27.5 Å². The Kier molecular flexibility index (Phi) is 5.31. The second-order valence-corrected chi connectivity index (χ2v) is 7.00. The van der Waals surface area contributed by atoms with Gasteiger partial charge in [0.2, 0.25) is 0 Å². The molecule has 0 radical (unpaired) electrons. The molecule has 3 rings (SSSR count). The molecular formula is C19H20N2O3S. The summed E-state index contributed by atoms with van der Waals surface area (Å²) in [6, 6.07) is 11.3. The van der Waals surface area contributed by atoms with Crippen molar-refractivity contribution in [3.8, 4) is 16.9 Å². The standard InChI is InChI=1S/C19H20N2O3S/c1-21(2)11-4-12-24-14-8-6-13(7-9-14)16-15-5-3-10-20-18(15)25-17(16)19(22)23/h3,5-10H,4,11-12H2,1-2H3,(H,22,23). The molecule has 0 aliphatic rings. The summed E-state index contributed by atoms with van der Waals surface area (Å²) < 4.78 is 5.74. The normalized spacial score (nSPS) is 11.2. The molecule has 0 unspecified atom stereocenters. The minimum absolute atomic E-state index is 0.313. The van der Waals surface area contributed by atoms with Crippen LogP contribution in [0, 0.1) is 0 Å². The molecule has 1 N–H and O–H groups in total. The number of thiophene rings is 1. The fourth-order valence-corrected chi connectivity index (χ4v) is 3.66. The van der Waals surface area contributed by atoms with Crippen LogP contribution in [0.5, 0.6) is 5.75 Å². The van der Waals surface area contributed by atoms with Crippen molar-refractivity contribution in [2.45, 2.75) is 6.42 Å². The van der Waals surface area contributed by atoms with E-state index in [4.69, 9.17) is 4.74 Å². The average Bonchev–Trinajstić information content (AvgIpc) is 2.99. The van der Waals surface area contributed by atoms with Crippen LogP contribution in [-0.4, -0.2) is 48.2 Å². The van der Waals surface area contributed by atoms with Gasteiger partial charge >= 0.3 is 5.97 Å². The van der Waals surface area contributed by atoms with E-state index in [0.29, 0.717) is 11.5 Å². The number of ether oxygens (including phenoxy) is 1. The molecule has 0 atom stereocenters. The van der Waals surface area contributed by atoms with Crippen LogP contribution in [0.1, 0.15) is 16.1 Å². The predicted octanol–water partition coefficient (Wildman–Crippen LogP) is 3.99. The van der Waals surface area contributed by atoms with Crippen molar-refractivity contribution in [1.82, 2.24) is 9.88 Å². The molecule has 2 aromatic heterocycles. The summed E-state index contributed by atoms with van der Waals surface area (Å²) in [7, 11) is 4.07. The van der Waals surface area contributed by atoms with Crippen LogP contribution in [0.15, 0.2) is 42.6 Å². The van der Waals surface area contributed by atoms with E-state index in [9.17, 15) is 9.90 Å². The Hall–Kier alpha value is -2.44. The SMILES string of the molecule is CN(C)CCCOc1ccc(-c2c(C(=O)O)sc3ncccc23)cc1. The van der Waals surface area contributed by atoms with Crippen molar-refractivity contribution < 1.29 is 14.6 Å². The lowest BCUT2D eigenvalue weighted by Gasteiger charge is -2.11. The molecule has 3 aromatic rings. The van der Waals surface area contributed by atoms with Gasteiger partial charge in [-0.1, -0.05) is 12.1 Å². The van der Waals surface area contributed by atoms with Gasteiger partial charge in [0.25, 0.3) is 0 Å². The zero-order valence-corrected chi connectivity index (χ0v) is 15.0. The van der Waals surface area contributed by atoms with Gasteiger partial charge in [-0.15, -0.1) is 11.3 Å². The number of carboxylic acids is 1. The van der Waals surface area contributed by atoms with Crippen molar-refractivity contribution in [2.75, 3.05) is 27.2 Å². The number of hydrogen-bond acceptors (Lipinski definition) is 5. The largest absolute Gasteiger partial charge is 0.494 e. The maximum Gasteiger partial charge on any atom is 0.346 e. The van der Waals surface area contributed by atoms with Crippen LogP contribution in [0.4, 0.5) is 0 Å². The number of nitrogens with zero attached hydrogens (tertiary/aromatic N) is 2. The Morgan fingerprint density at radius 3 is 2.68 bits per heavy atom. The van der Waals surface area contributed by atoms with Gasteiger partial charge in [-0.05, 0) is 50.3 Å². The lowest BCUT2D eigenvalue weighted by molar-refractivity contribution is 0.0703. The van der Waals surface area contributed by atoms with Gasteiger partial charge in [-0.2, -0.15) is 0 Å². The lowest BCUT2D eigenvalue weighted by atomic mass is 10.0. The summed E-state index contributed by atoms with van der Waals surface area (Å²) in [6.45, 7) is 1.64. The van der Waals surface area contributed by atoms with Crippen molar-refractivity contribution in [3.63, 3.8) is 0 Å². The zero-order chi connectivity index (χ0) is 17.8. The Balaban J connectivity index is 1.84. The first kappa shape index (κ1) is 17.4. The molecule has 0 amide bonds. The highest BCUT2D eigenvalue weighted by Gasteiger charge is 2.19. The molecule has 0 fully saturated rings. The lowest BCUT2D eigenvalue weighted by Crippen LogP contribution is -2.15. The summed E-state index contributed by atoms with van der Waals surface area (Å²) in [6.07, 6.45) is 2.64. The molecule has 130 valence electrons. The Morgan fingerprint density at radius 2 is 2.00 bits per heavy atom. The van der Waals surface area contributed by atoms with E-state index >= 15 is 0 Å². The molecule has 0 bridgehead atoms. The van der Waals surface area contributed by atoms with Gasteiger partial charge in [0.15, 0.2) is 0 Å². The topological polar surface area (TPSA) is 62.7 Å². The summed E-state index contributed by atoms with van der Waals surface area (Å²) >= 11 is 1.20. The quantitative estimate of drug-likeness (QED) is 0.649. The number of aromatic carboxylic acids is 1. The highest BCUT2D eigenvalue weighted by molar-refractivity contribution is 7.21. The molecule has 1 aromatic carbocycles. The summed E-state index contributed by atoms with van der Waals surface area (Å²) in [4.78, 5) is 19.1. The fraction of sp³-hybridized carbons (Fsp3) is 0.263. The minimum atomic E-state index is -0.929. The smallest absolute Gasteiger partial charge is 0.346 e. The number of rotatable bonds is 7. The maximum atomic E-state index is 11.6. The average molecular weight is 356 g/mol. The molecule has 2 heterocycles. The van der Waals surface area contributed by atoms with E-state index in [1.807, 2.05) is 50.5 Å². The molecular weight excluding hydrogens is 336 g/mol. The highest BCUT2D eigenvalue weighted by Crippen LogP contribution is 2.38. The number of hydrogen-bond donors (Lipinski definition) is 1. The third kappa shape index (κ3) is 3.97. The summed E-state index contributed by atoms with van der Waals surface area (Å²) in [5, 5.41) is 10.4. The third-order valence-corrected chi connectivity index (χ3v) is 4.92. The van der Waals surface area contributed by atoms with Crippen LogP contribution in [-0.2, 0) is 0 Å². The van der Waals surface area contributed by atoms with E-state index in [2.05, 4.69) is 9.88 Å². The van der Waals surface area contributed by atoms with Crippen LogP contribution < -0.4 is 4.74 Å². The molecule has 0 aliphatic heterocycles. The highest BCUT2D eigenvalue weighted by atomic mass is 32.1. The first-order valence-corrected chi connectivity index (χ1v) is 8.86. The third-order valence-electron chi connectivity index (χ3n) is 3.82. The molecule has 0 saturated carbocycles. The van der Waals surface area contributed by atoms with Crippen molar-refractivity contribution in [2.24, 2.45) is 0 Å². The fourth-order valence-electron chi connectivity index (χ4n) is 2.66. The van der Waals surface area contributed by atoms with Crippen LogP contribution in [0.3, 0.4) is 0 Å². The Labute approximate surface area is 150 Å². The molecule has 0 saturated heterocycles. The summed E-state index contributed by atoms with van der Waals surface area (Å²) in [5.41, 5.74) is 1.58. The first-order chi connectivity index (χ1) is 12.1. The molecule has 25 heavy (non-hydrogen) atoms. The van der Waals surface area contributed by atoms with Gasteiger partial charge in [-0.3, -0.25) is 0 Å². The molecule has 6 heteroatoms. The van der Waals surface area contributed by atoms with Gasteiger partial charge in [0.1, 0.15) is 15.5 Å². The Morgan fingerprint density at radius 1 is 1.24 bits per heavy atom. The Bertz CT molecular complexity index is 872. The number of aromatic nitrogens is 1. The minimum Gasteiger partial charge on any atom is -0.494 e. The zero-order valence-electron chi connectivity index (χ0n) is 14.2. The van der Waals surface area contributed by atoms with Gasteiger partial charge in [0.05, 0.1) is 6.61 Å². The second kappa shape index (κ2) is 7.63. The van der Waals surface area contributed by atoms with Crippen molar-refractivity contribution in [3.05, 3.63) is 47.5 Å². The van der Waals surface area contributed by atoms with Crippen LogP contribution in [0.2, 0.25) is 0 Å². The van der Waals surface area contributed by atoms with E-state index in [1.165, 1.54) is 11.3 Å². The number of fused-ring (bicyclic) bond motifs is 1. The molecule has 5 nitrogen and oxygen atoms in total. The van der Waals surface area contributed by atoms with Crippen LogP contribution in [0.25, 0.3) is 21.3 Å². The van der Waals surface area contributed by atoms with Gasteiger partial charge in [-0.25, -0.2) is 9.78 Å². The van der Waals surface area contributed by atoms with Crippen molar-refractivity contribution in [1.29, 1.82) is 0 Å². The van der Waals surface area contributed by atoms with E-state index in [1.54, 1.807) is 6.20 Å². The molecule has 0 aliphatic carbocycles. The number of pyridine rings is 1. The van der Waals surface area contributed by atoms with E-state index in [0.717, 1.165) is 40.1 Å². The predicted molar refractivity (Wildman–Crippen MR) is 101 cm³/mol. The number of carboxylic acid groups (broad SMARTS) is 1. The van der Waals surface area contributed by atoms with E-state index < -0.39 is 5.97 Å². The van der Waals surface area contributed by atoms with Gasteiger partial charge < -0.3 is 14.7 Å². The number of benzene rings is 1. The summed E-state index contributed by atoms with van der Waals surface area (Å²) in [5.74, 6) is -0.140. The first-order valence-electron chi connectivity index (χ1n) is 8.05.